The zero-order valence-electron chi connectivity index (χ0n) is 18.7. The number of benzene rings is 1. The maximum atomic E-state index is 13.3. The second-order valence-corrected chi connectivity index (χ2v) is 9.18. The highest BCUT2D eigenvalue weighted by molar-refractivity contribution is 5.87. The lowest BCUT2D eigenvalue weighted by Gasteiger charge is -2.32. The topological polar surface area (TPSA) is 45.6 Å². The molecule has 1 aromatic carbocycles. The van der Waals surface area contributed by atoms with Crippen LogP contribution in [0.15, 0.2) is 48.7 Å². The normalized spacial score (nSPS) is 11.6. The predicted octanol–water partition coefficient (Wildman–Crippen LogP) is 4.08. The van der Waals surface area contributed by atoms with Crippen LogP contribution in [0.4, 0.5) is 0 Å². The minimum atomic E-state index is -0.516. The lowest BCUT2D eigenvalue weighted by Crippen LogP contribution is -2.47. The third-order valence-electron chi connectivity index (χ3n) is 4.81. The van der Waals surface area contributed by atoms with Crippen LogP contribution in [0.3, 0.4) is 0 Å². The molecule has 0 spiro atoms. The van der Waals surface area contributed by atoms with Gasteiger partial charge in [0.05, 0.1) is 13.1 Å². The van der Waals surface area contributed by atoms with Gasteiger partial charge in [-0.15, -0.1) is 0 Å². The number of rotatable bonds is 8. The summed E-state index contributed by atoms with van der Waals surface area (Å²) in [7, 11) is 1.98. The van der Waals surface area contributed by atoms with Crippen molar-refractivity contribution >= 4 is 11.8 Å². The SMILES string of the molecule is CC(C)CN(CC(=O)N(Cc1ccccc1)Cc1cccn1C)C(=O)C(C)(C)C. The Kier molecular flexibility index (Phi) is 7.66. The molecule has 0 unspecified atom stereocenters. The second-order valence-electron chi connectivity index (χ2n) is 9.18. The first kappa shape index (κ1) is 22.7. The molecule has 5 nitrogen and oxygen atoms in total. The Hall–Kier alpha value is -2.56. The molecular formula is C24H35N3O2. The van der Waals surface area contributed by atoms with Gasteiger partial charge in [-0.2, -0.15) is 0 Å². The predicted molar refractivity (Wildman–Crippen MR) is 117 cm³/mol. The first-order chi connectivity index (χ1) is 13.6. The van der Waals surface area contributed by atoms with Crippen molar-refractivity contribution in [3.63, 3.8) is 0 Å². The number of carbonyl (C=O) groups is 2. The van der Waals surface area contributed by atoms with Gasteiger partial charge in [0.15, 0.2) is 0 Å². The van der Waals surface area contributed by atoms with Gasteiger partial charge in [-0.05, 0) is 23.6 Å². The van der Waals surface area contributed by atoms with E-state index in [0.29, 0.717) is 25.6 Å². The van der Waals surface area contributed by atoms with Crippen LogP contribution in [0.25, 0.3) is 0 Å². The zero-order chi connectivity index (χ0) is 21.6. The highest BCUT2D eigenvalue weighted by Gasteiger charge is 2.30. The van der Waals surface area contributed by atoms with Crippen molar-refractivity contribution in [2.24, 2.45) is 18.4 Å². The summed E-state index contributed by atoms with van der Waals surface area (Å²) >= 11 is 0. The summed E-state index contributed by atoms with van der Waals surface area (Å²) in [5.41, 5.74) is 1.62. The largest absolute Gasteiger partial charge is 0.353 e. The van der Waals surface area contributed by atoms with Crippen molar-refractivity contribution in [1.29, 1.82) is 0 Å². The van der Waals surface area contributed by atoms with Crippen molar-refractivity contribution in [1.82, 2.24) is 14.4 Å². The van der Waals surface area contributed by atoms with Crippen LogP contribution in [0.2, 0.25) is 0 Å². The lowest BCUT2D eigenvalue weighted by molar-refractivity contribution is -0.146. The summed E-state index contributed by atoms with van der Waals surface area (Å²) < 4.78 is 2.03. The fourth-order valence-electron chi connectivity index (χ4n) is 3.29. The number of amides is 2. The Morgan fingerprint density at radius 2 is 1.62 bits per heavy atom. The van der Waals surface area contributed by atoms with E-state index < -0.39 is 5.41 Å². The number of carbonyl (C=O) groups excluding carboxylic acids is 2. The highest BCUT2D eigenvalue weighted by atomic mass is 16.2. The van der Waals surface area contributed by atoms with Crippen molar-refractivity contribution in [3.8, 4) is 0 Å². The molecule has 0 fully saturated rings. The Morgan fingerprint density at radius 1 is 0.966 bits per heavy atom. The number of hydrogen-bond acceptors (Lipinski definition) is 2. The third kappa shape index (κ3) is 6.77. The average Bonchev–Trinajstić information content (AvgIpc) is 3.04. The molecule has 158 valence electrons. The molecule has 0 aliphatic rings. The summed E-state index contributed by atoms with van der Waals surface area (Å²) in [4.78, 5) is 29.8. The number of aryl methyl sites for hydroxylation is 1. The minimum Gasteiger partial charge on any atom is -0.353 e. The summed E-state index contributed by atoms with van der Waals surface area (Å²) in [5, 5.41) is 0. The van der Waals surface area contributed by atoms with Gasteiger partial charge in [-0.3, -0.25) is 9.59 Å². The molecule has 2 aromatic rings. The molecular weight excluding hydrogens is 362 g/mol. The fourth-order valence-corrected chi connectivity index (χ4v) is 3.29. The van der Waals surface area contributed by atoms with Crippen LogP contribution < -0.4 is 0 Å². The summed E-state index contributed by atoms with van der Waals surface area (Å²) in [6, 6.07) is 14.0. The molecule has 29 heavy (non-hydrogen) atoms. The quantitative estimate of drug-likeness (QED) is 0.674. The first-order valence-electron chi connectivity index (χ1n) is 10.3. The van der Waals surface area contributed by atoms with Gasteiger partial charge in [0.1, 0.15) is 0 Å². The molecule has 0 radical (unpaired) electrons. The van der Waals surface area contributed by atoms with E-state index in [1.807, 2.05) is 85.9 Å². The first-order valence-corrected chi connectivity index (χ1v) is 10.3. The smallest absolute Gasteiger partial charge is 0.242 e. The molecule has 0 saturated heterocycles. The van der Waals surface area contributed by atoms with Gasteiger partial charge in [0, 0.05) is 37.4 Å². The number of nitrogens with zero attached hydrogens (tertiary/aromatic N) is 3. The van der Waals surface area contributed by atoms with E-state index in [0.717, 1.165) is 11.3 Å². The Bertz CT molecular complexity index is 803. The van der Waals surface area contributed by atoms with Gasteiger partial charge in [-0.25, -0.2) is 0 Å². The van der Waals surface area contributed by atoms with Gasteiger partial charge in [0.2, 0.25) is 11.8 Å². The van der Waals surface area contributed by atoms with E-state index in [9.17, 15) is 9.59 Å². The van der Waals surface area contributed by atoms with Gasteiger partial charge in [-0.1, -0.05) is 65.0 Å². The number of hydrogen-bond donors (Lipinski definition) is 0. The molecule has 1 aromatic heterocycles. The van der Waals surface area contributed by atoms with E-state index in [1.165, 1.54) is 0 Å². The standard InChI is InChI=1S/C24H35N3O2/c1-19(2)15-27(23(29)24(3,4)5)18-22(28)26(16-20-11-8-7-9-12-20)17-21-13-10-14-25(21)6/h7-14,19H,15-18H2,1-6H3. The van der Waals surface area contributed by atoms with Crippen LogP contribution in [0.5, 0.6) is 0 Å². The van der Waals surface area contributed by atoms with Gasteiger partial charge < -0.3 is 14.4 Å². The van der Waals surface area contributed by atoms with E-state index in [1.54, 1.807) is 4.90 Å². The molecule has 0 N–H and O–H groups in total. The summed E-state index contributed by atoms with van der Waals surface area (Å²) in [6.45, 7) is 11.5. The van der Waals surface area contributed by atoms with E-state index in [2.05, 4.69) is 13.8 Å². The van der Waals surface area contributed by atoms with Crippen LogP contribution in [0.1, 0.15) is 45.9 Å². The van der Waals surface area contributed by atoms with Crippen LogP contribution in [0, 0.1) is 11.3 Å². The molecule has 0 aliphatic carbocycles. The minimum absolute atomic E-state index is 0.0121. The van der Waals surface area contributed by atoms with Crippen molar-refractivity contribution in [3.05, 3.63) is 59.9 Å². The van der Waals surface area contributed by atoms with E-state index >= 15 is 0 Å². The molecule has 5 heteroatoms. The molecule has 0 saturated carbocycles. The van der Waals surface area contributed by atoms with E-state index in [-0.39, 0.29) is 18.4 Å². The summed E-state index contributed by atoms with van der Waals surface area (Å²) in [6.07, 6.45) is 1.98. The molecule has 2 amide bonds. The molecule has 0 aliphatic heterocycles. The average molecular weight is 398 g/mol. The molecule has 2 rings (SSSR count). The molecule has 1 heterocycles. The highest BCUT2D eigenvalue weighted by Crippen LogP contribution is 2.19. The van der Waals surface area contributed by atoms with Crippen molar-refractivity contribution < 1.29 is 9.59 Å². The Balaban J connectivity index is 2.23. The van der Waals surface area contributed by atoms with Crippen molar-refractivity contribution in [2.75, 3.05) is 13.1 Å². The third-order valence-corrected chi connectivity index (χ3v) is 4.81. The maximum Gasteiger partial charge on any atom is 0.242 e. The molecule has 0 bridgehead atoms. The summed E-state index contributed by atoms with van der Waals surface area (Å²) in [5.74, 6) is 0.274. The van der Waals surface area contributed by atoms with Crippen molar-refractivity contribution in [2.45, 2.75) is 47.7 Å². The van der Waals surface area contributed by atoms with E-state index in [4.69, 9.17) is 0 Å². The van der Waals surface area contributed by atoms with Crippen LogP contribution in [-0.4, -0.2) is 39.3 Å². The van der Waals surface area contributed by atoms with Crippen LogP contribution >= 0.6 is 0 Å². The lowest BCUT2D eigenvalue weighted by atomic mass is 9.94. The number of aromatic nitrogens is 1. The van der Waals surface area contributed by atoms with Gasteiger partial charge >= 0.3 is 0 Å². The zero-order valence-corrected chi connectivity index (χ0v) is 18.7. The monoisotopic (exact) mass is 397 g/mol. The van der Waals surface area contributed by atoms with Gasteiger partial charge in [0.25, 0.3) is 0 Å². The second kappa shape index (κ2) is 9.77. The fraction of sp³-hybridized carbons (Fsp3) is 0.500. The van der Waals surface area contributed by atoms with Crippen LogP contribution in [-0.2, 0) is 29.7 Å². The Labute approximate surface area is 175 Å². The maximum absolute atomic E-state index is 13.3. The Morgan fingerprint density at radius 3 is 2.14 bits per heavy atom. The molecule has 0 atom stereocenters.